The first-order valence-corrected chi connectivity index (χ1v) is 10.9. The Balaban J connectivity index is 1.84. The molecule has 8 heteroatoms. The second kappa shape index (κ2) is 10.1. The smallest absolute Gasteiger partial charge is 0.371 e. The fourth-order valence-electron chi connectivity index (χ4n) is 3.62. The third-order valence-electron chi connectivity index (χ3n) is 5.66. The molecule has 0 spiro atoms. The van der Waals surface area contributed by atoms with Gasteiger partial charge in [-0.25, -0.2) is 0 Å². The predicted octanol–water partition coefficient (Wildman–Crippen LogP) is 5.48. The molecule has 2 N–H and O–H groups in total. The van der Waals surface area contributed by atoms with Gasteiger partial charge in [0.15, 0.2) is 0 Å². The van der Waals surface area contributed by atoms with Crippen LogP contribution in [0.5, 0.6) is 0 Å². The van der Waals surface area contributed by atoms with Crippen LogP contribution < -0.4 is 15.5 Å². The summed E-state index contributed by atoms with van der Waals surface area (Å²) in [6, 6.07) is 9.18. The van der Waals surface area contributed by atoms with Crippen LogP contribution in [0.3, 0.4) is 0 Å². The van der Waals surface area contributed by atoms with Crippen molar-refractivity contribution in [1.29, 1.82) is 0 Å². The molecule has 0 bridgehead atoms. The van der Waals surface area contributed by atoms with Crippen molar-refractivity contribution in [3.05, 3.63) is 59.2 Å². The van der Waals surface area contributed by atoms with Crippen molar-refractivity contribution in [1.82, 2.24) is 5.32 Å². The molecule has 1 aliphatic heterocycles. The number of carbonyl (C=O) groups excluding carboxylic acids is 2. The summed E-state index contributed by atoms with van der Waals surface area (Å²) < 4.78 is 38.3. The van der Waals surface area contributed by atoms with Gasteiger partial charge in [-0.3, -0.25) is 9.59 Å². The maximum absolute atomic E-state index is 13.0. The minimum atomic E-state index is -4.46. The Hall–Kier alpha value is -3.03. The zero-order valence-corrected chi connectivity index (χ0v) is 18.3. The minimum Gasteiger partial charge on any atom is -0.371 e. The molecule has 2 amide bonds. The third-order valence-corrected chi connectivity index (χ3v) is 5.66. The van der Waals surface area contributed by atoms with Crippen LogP contribution in [0, 0.1) is 0 Å². The molecule has 0 aliphatic carbocycles. The molecule has 1 aliphatic rings. The third kappa shape index (κ3) is 5.81. The van der Waals surface area contributed by atoms with Crippen LogP contribution >= 0.6 is 0 Å². The molecule has 0 saturated carbocycles. The Morgan fingerprint density at radius 1 is 1.00 bits per heavy atom. The summed E-state index contributed by atoms with van der Waals surface area (Å²) in [4.78, 5) is 27.7. The van der Waals surface area contributed by atoms with Gasteiger partial charge in [-0.15, -0.1) is 0 Å². The van der Waals surface area contributed by atoms with Crippen LogP contribution in [-0.4, -0.2) is 30.9 Å². The Labute approximate surface area is 186 Å². The fraction of sp³-hybridized carbons (Fsp3) is 0.417. The van der Waals surface area contributed by atoms with Gasteiger partial charge in [-0.1, -0.05) is 6.92 Å². The molecule has 1 unspecified atom stereocenters. The quantitative estimate of drug-likeness (QED) is 0.617. The number of piperidine rings is 1. The maximum atomic E-state index is 13.0. The highest BCUT2D eigenvalue weighted by Crippen LogP contribution is 2.30. The van der Waals surface area contributed by atoms with Gasteiger partial charge < -0.3 is 15.5 Å². The second-order valence-electron chi connectivity index (χ2n) is 8.09. The number of hydrogen-bond donors (Lipinski definition) is 2. The van der Waals surface area contributed by atoms with Crippen molar-refractivity contribution in [2.75, 3.05) is 23.3 Å². The van der Waals surface area contributed by atoms with Crippen molar-refractivity contribution in [3.8, 4) is 0 Å². The Morgan fingerprint density at radius 3 is 2.25 bits per heavy atom. The van der Waals surface area contributed by atoms with E-state index in [1.807, 2.05) is 19.9 Å². The van der Waals surface area contributed by atoms with Gasteiger partial charge in [-0.2, -0.15) is 13.2 Å². The van der Waals surface area contributed by atoms with E-state index in [1.165, 1.54) is 0 Å². The van der Waals surface area contributed by atoms with Crippen molar-refractivity contribution < 1.29 is 22.8 Å². The SMILES string of the molecule is CCC(C)NC(=O)c1cc(NC(=O)c2ccc(C(F)(F)F)cc2)ccc1N1CCCCC1. The molecule has 1 atom stereocenters. The van der Waals surface area contributed by atoms with Crippen LogP contribution in [0.25, 0.3) is 0 Å². The molecular weight excluding hydrogens is 419 g/mol. The lowest BCUT2D eigenvalue weighted by Gasteiger charge is -2.31. The molecule has 1 saturated heterocycles. The molecule has 2 aromatic carbocycles. The first kappa shape index (κ1) is 23.6. The number of rotatable bonds is 6. The van der Waals surface area contributed by atoms with Gasteiger partial charge in [0, 0.05) is 36.1 Å². The molecule has 3 rings (SSSR count). The van der Waals surface area contributed by atoms with E-state index in [0.717, 1.165) is 68.7 Å². The number of alkyl halides is 3. The van der Waals surface area contributed by atoms with Crippen molar-refractivity contribution in [3.63, 3.8) is 0 Å². The first-order chi connectivity index (χ1) is 15.2. The molecular formula is C24H28F3N3O2. The topological polar surface area (TPSA) is 61.4 Å². The van der Waals surface area contributed by atoms with E-state index >= 15 is 0 Å². The lowest BCUT2D eigenvalue weighted by atomic mass is 10.0. The van der Waals surface area contributed by atoms with E-state index in [1.54, 1.807) is 12.1 Å². The van der Waals surface area contributed by atoms with Crippen LogP contribution in [-0.2, 0) is 6.18 Å². The van der Waals surface area contributed by atoms with E-state index in [4.69, 9.17) is 0 Å². The Kier molecular flexibility index (Phi) is 7.43. The summed E-state index contributed by atoms with van der Waals surface area (Å²) >= 11 is 0. The van der Waals surface area contributed by atoms with Crippen LogP contribution in [0.15, 0.2) is 42.5 Å². The molecule has 32 heavy (non-hydrogen) atoms. The lowest BCUT2D eigenvalue weighted by molar-refractivity contribution is -0.137. The molecule has 5 nitrogen and oxygen atoms in total. The van der Waals surface area contributed by atoms with Gasteiger partial charge in [0.2, 0.25) is 0 Å². The summed E-state index contributed by atoms with van der Waals surface area (Å²) in [7, 11) is 0. The minimum absolute atomic E-state index is 0.00194. The highest BCUT2D eigenvalue weighted by Gasteiger charge is 2.30. The van der Waals surface area contributed by atoms with Gasteiger partial charge in [0.25, 0.3) is 11.8 Å². The number of hydrogen-bond acceptors (Lipinski definition) is 3. The average Bonchev–Trinajstić information content (AvgIpc) is 2.79. The van der Waals surface area contributed by atoms with Crippen LogP contribution in [0.4, 0.5) is 24.5 Å². The summed E-state index contributed by atoms with van der Waals surface area (Å²) in [5.74, 6) is -0.761. The highest BCUT2D eigenvalue weighted by molar-refractivity contribution is 6.06. The monoisotopic (exact) mass is 447 g/mol. The zero-order valence-electron chi connectivity index (χ0n) is 18.3. The first-order valence-electron chi connectivity index (χ1n) is 10.9. The molecule has 2 aromatic rings. The van der Waals surface area contributed by atoms with Gasteiger partial charge >= 0.3 is 6.18 Å². The number of amides is 2. The number of halogens is 3. The number of anilines is 2. The summed E-state index contributed by atoms with van der Waals surface area (Å²) in [5, 5.41) is 5.66. The number of carbonyl (C=O) groups is 2. The van der Waals surface area contributed by atoms with Gasteiger partial charge in [-0.05, 0) is 75.1 Å². The zero-order chi connectivity index (χ0) is 23.3. The predicted molar refractivity (Wildman–Crippen MR) is 119 cm³/mol. The fourth-order valence-corrected chi connectivity index (χ4v) is 3.62. The molecule has 1 heterocycles. The summed E-state index contributed by atoms with van der Waals surface area (Å²) in [5.41, 5.74) is 0.980. The summed E-state index contributed by atoms with van der Waals surface area (Å²) in [6.45, 7) is 5.63. The van der Waals surface area contributed by atoms with E-state index in [2.05, 4.69) is 15.5 Å². The second-order valence-corrected chi connectivity index (χ2v) is 8.09. The van der Waals surface area contributed by atoms with Crippen molar-refractivity contribution >= 4 is 23.2 Å². The average molecular weight is 448 g/mol. The standard InChI is InChI=1S/C24H28F3N3O2/c1-3-16(2)28-23(32)20-15-19(11-12-21(20)30-13-5-4-6-14-30)29-22(31)17-7-9-18(10-8-17)24(25,26)27/h7-12,15-16H,3-6,13-14H2,1-2H3,(H,28,32)(H,29,31). The normalized spacial score (nSPS) is 15.2. The molecule has 0 aromatic heterocycles. The van der Waals surface area contributed by atoms with E-state index in [9.17, 15) is 22.8 Å². The maximum Gasteiger partial charge on any atom is 0.416 e. The van der Waals surface area contributed by atoms with E-state index in [-0.39, 0.29) is 17.5 Å². The summed E-state index contributed by atoms with van der Waals surface area (Å²) in [6.07, 6.45) is -0.407. The van der Waals surface area contributed by atoms with Gasteiger partial charge in [0.05, 0.1) is 11.1 Å². The molecule has 172 valence electrons. The lowest BCUT2D eigenvalue weighted by Crippen LogP contribution is -2.35. The number of nitrogens with zero attached hydrogens (tertiary/aromatic N) is 1. The van der Waals surface area contributed by atoms with E-state index in [0.29, 0.717) is 11.3 Å². The number of benzene rings is 2. The van der Waals surface area contributed by atoms with Crippen molar-refractivity contribution in [2.24, 2.45) is 0 Å². The largest absolute Gasteiger partial charge is 0.416 e. The molecule has 1 fully saturated rings. The Morgan fingerprint density at radius 2 is 1.66 bits per heavy atom. The highest BCUT2D eigenvalue weighted by atomic mass is 19.4. The molecule has 0 radical (unpaired) electrons. The van der Waals surface area contributed by atoms with E-state index < -0.39 is 17.6 Å². The van der Waals surface area contributed by atoms with Crippen LogP contribution in [0.1, 0.15) is 65.8 Å². The Bertz CT molecular complexity index is 952. The van der Waals surface area contributed by atoms with Crippen molar-refractivity contribution in [2.45, 2.75) is 51.7 Å². The van der Waals surface area contributed by atoms with Gasteiger partial charge in [0.1, 0.15) is 0 Å². The number of nitrogens with one attached hydrogen (secondary N) is 2. The van der Waals surface area contributed by atoms with Crippen LogP contribution in [0.2, 0.25) is 0 Å².